The van der Waals surface area contributed by atoms with Gasteiger partial charge >= 0.3 is 0 Å². The first kappa shape index (κ1) is 10.5. The number of hydrogen-bond donors (Lipinski definition) is 2. The van der Waals surface area contributed by atoms with Crippen molar-refractivity contribution < 1.29 is 9.84 Å². The van der Waals surface area contributed by atoms with Crippen LogP contribution in [0.25, 0.3) is 0 Å². The molecule has 1 heterocycles. The maximum absolute atomic E-state index is 9.15. The number of rotatable bonds is 3. The molecule has 2 rings (SSSR count). The van der Waals surface area contributed by atoms with E-state index in [4.69, 9.17) is 9.84 Å². The predicted octanol–water partition coefficient (Wildman–Crippen LogP) is 1.31. The lowest BCUT2D eigenvalue weighted by Gasteiger charge is -2.24. The van der Waals surface area contributed by atoms with Crippen molar-refractivity contribution in [3.8, 4) is 5.75 Å². The Bertz CT molecular complexity index is 308. The molecule has 15 heavy (non-hydrogen) atoms. The van der Waals surface area contributed by atoms with Crippen molar-refractivity contribution in [3.63, 3.8) is 0 Å². The number of ether oxygens (including phenoxy) is 1. The third-order valence-electron chi connectivity index (χ3n) is 2.69. The Morgan fingerprint density at radius 2 is 2.27 bits per heavy atom. The minimum atomic E-state index is 0.0380. The molecule has 1 aromatic rings. The summed E-state index contributed by atoms with van der Waals surface area (Å²) >= 11 is 0. The molecule has 0 bridgehead atoms. The van der Waals surface area contributed by atoms with E-state index in [-0.39, 0.29) is 12.7 Å². The molecule has 2 N–H and O–H groups in total. The average Bonchev–Trinajstić information content (AvgIpc) is 2.31. The first-order valence-electron chi connectivity index (χ1n) is 5.46. The Kier molecular flexibility index (Phi) is 3.59. The van der Waals surface area contributed by atoms with Crippen LogP contribution in [0.4, 0.5) is 0 Å². The van der Waals surface area contributed by atoms with E-state index in [1.165, 1.54) is 0 Å². The first-order chi connectivity index (χ1) is 7.40. The van der Waals surface area contributed by atoms with Crippen molar-refractivity contribution in [2.24, 2.45) is 0 Å². The SMILES string of the molecule is OCc1ccccc1OC1CCCNC1. The Morgan fingerprint density at radius 3 is 3.00 bits per heavy atom. The minimum absolute atomic E-state index is 0.0380. The van der Waals surface area contributed by atoms with Crippen molar-refractivity contribution in [1.82, 2.24) is 5.32 Å². The summed E-state index contributed by atoms with van der Waals surface area (Å²) in [6.07, 6.45) is 2.49. The van der Waals surface area contributed by atoms with Crippen LogP contribution in [0.5, 0.6) is 5.75 Å². The fourth-order valence-electron chi connectivity index (χ4n) is 1.85. The fourth-order valence-corrected chi connectivity index (χ4v) is 1.85. The molecule has 0 aromatic heterocycles. The zero-order valence-corrected chi connectivity index (χ0v) is 8.78. The van der Waals surface area contributed by atoms with Gasteiger partial charge in [0.05, 0.1) is 6.61 Å². The van der Waals surface area contributed by atoms with E-state index in [1.807, 2.05) is 24.3 Å². The van der Waals surface area contributed by atoms with E-state index >= 15 is 0 Å². The number of benzene rings is 1. The van der Waals surface area contributed by atoms with E-state index in [9.17, 15) is 0 Å². The molecule has 3 nitrogen and oxygen atoms in total. The summed E-state index contributed by atoms with van der Waals surface area (Å²) in [7, 11) is 0. The van der Waals surface area contributed by atoms with Gasteiger partial charge in [-0.2, -0.15) is 0 Å². The average molecular weight is 207 g/mol. The van der Waals surface area contributed by atoms with Crippen LogP contribution in [-0.2, 0) is 6.61 Å². The van der Waals surface area contributed by atoms with Gasteiger partial charge < -0.3 is 15.2 Å². The first-order valence-corrected chi connectivity index (χ1v) is 5.46. The predicted molar refractivity (Wildman–Crippen MR) is 58.9 cm³/mol. The molecule has 1 atom stereocenters. The van der Waals surface area contributed by atoms with Crippen molar-refractivity contribution in [1.29, 1.82) is 0 Å². The molecule has 3 heteroatoms. The van der Waals surface area contributed by atoms with Gasteiger partial charge in [-0.15, -0.1) is 0 Å². The highest BCUT2D eigenvalue weighted by atomic mass is 16.5. The standard InChI is InChI=1S/C12H17NO2/c14-9-10-4-1-2-6-12(10)15-11-5-3-7-13-8-11/h1-2,4,6,11,13-14H,3,5,7-9H2. The molecule has 1 fully saturated rings. The highest BCUT2D eigenvalue weighted by molar-refractivity contribution is 5.32. The molecule has 1 aliphatic rings. The molecular weight excluding hydrogens is 190 g/mol. The summed E-state index contributed by atoms with van der Waals surface area (Å²) in [6.45, 7) is 2.03. The molecule has 0 amide bonds. The Morgan fingerprint density at radius 1 is 1.40 bits per heavy atom. The second-order valence-electron chi connectivity index (χ2n) is 3.85. The molecule has 0 radical (unpaired) electrons. The maximum Gasteiger partial charge on any atom is 0.125 e. The summed E-state index contributed by atoms with van der Waals surface area (Å²) in [4.78, 5) is 0. The number of aliphatic hydroxyl groups excluding tert-OH is 1. The second kappa shape index (κ2) is 5.14. The second-order valence-corrected chi connectivity index (χ2v) is 3.85. The quantitative estimate of drug-likeness (QED) is 0.785. The molecule has 0 aliphatic carbocycles. The molecule has 1 unspecified atom stereocenters. The van der Waals surface area contributed by atoms with E-state index in [0.717, 1.165) is 37.2 Å². The van der Waals surface area contributed by atoms with E-state index in [2.05, 4.69) is 5.32 Å². The lowest BCUT2D eigenvalue weighted by atomic mass is 10.1. The summed E-state index contributed by atoms with van der Waals surface area (Å²) in [5, 5.41) is 12.5. The minimum Gasteiger partial charge on any atom is -0.489 e. The number of nitrogens with one attached hydrogen (secondary N) is 1. The van der Waals surface area contributed by atoms with Gasteiger partial charge in [0.2, 0.25) is 0 Å². The Hall–Kier alpha value is -1.06. The summed E-state index contributed by atoms with van der Waals surface area (Å²) in [6, 6.07) is 7.66. The summed E-state index contributed by atoms with van der Waals surface area (Å²) in [5.74, 6) is 0.814. The van der Waals surface area contributed by atoms with E-state index in [1.54, 1.807) is 0 Å². The highest BCUT2D eigenvalue weighted by Crippen LogP contribution is 2.20. The van der Waals surface area contributed by atoms with Crippen LogP contribution in [-0.4, -0.2) is 24.3 Å². The van der Waals surface area contributed by atoms with Gasteiger partial charge in [-0.05, 0) is 25.5 Å². The summed E-state index contributed by atoms with van der Waals surface area (Å²) < 4.78 is 5.85. The molecule has 0 spiro atoms. The Balaban J connectivity index is 2.02. The number of hydrogen-bond acceptors (Lipinski definition) is 3. The zero-order chi connectivity index (χ0) is 10.5. The van der Waals surface area contributed by atoms with Gasteiger partial charge in [0, 0.05) is 12.1 Å². The smallest absolute Gasteiger partial charge is 0.125 e. The van der Waals surface area contributed by atoms with E-state index < -0.39 is 0 Å². The Labute approximate surface area is 90.1 Å². The van der Waals surface area contributed by atoms with Crippen LogP contribution in [0.2, 0.25) is 0 Å². The third-order valence-corrected chi connectivity index (χ3v) is 2.69. The van der Waals surface area contributed by atoms with Gasteiger partial charge in [-0.3, -0.25) is 0 Å². The van der Waals surface area contributed by atoms with Gasteiger partial charge in [-0.1, -0.05) is 18.2 Å². The lowest BCUT2D eigenvalue weighted by molar-refractivity contribution is 0.161. The number of para-hydroxylation sites is 1. The number of piperidine rings is 1. The van der Waals surface area contributed by atoms with Gasteiger partial charge in [-0.25, -0.2) is 0 Å². The van der Waals surface area contributed by atoms with Crippen molar-refractivity contribution in [2.75, 3.05) is 13.1 Å². The van der Waals surface area contributed by atoms with Crippen molar-refractivity contribution in [2.45, 2.75) is 25.6 Å². The largest absolute Gasteiger partial charge is 0.489 e. The molecule has 1 aliphatic heterocycles. The van der Waals surface area contributed by atoms with Crippen molar-refractivity contribution in [3.05, 3.63) is 29.8 Å². The van der Waals surface area contributed by atoms with Crippen LogP contribution < -0.4 is 10.1 Å². The van der Waals surface area contributed by atoms with Gasteiger partial charge in [0.15, 0.2) is 0 Å². The molecule has 1 saturated heterocycles. The molecule has 82 valence electrons. The normalized spacial score (nSPS) is 21.3. The van der Waals surface area contributed by atoms with Gasteiger partial charge in [0.1, 0.15) is 11.9 Å². The highest BCUT2D eigenvalue weighted by Gasteiger charge is 2.15. The molecule has 1 aromatic carbocycles. The van der Waals surface area contributed by atoms with Crippen LogP contribution in [0.1, 0.15) is 18.4 Å². The summed E-state index contributed by atoms with van der Waals surface area (Å²) in [5.41, 5.74) is 0.864. The maximum atomic E-state index is 9.15. The lowest BCUT2D eigenvalue weighted by Crippen LogP contribution is -2.37. The van der Waals surface area contributed by atoms with Gasteiger partial charge in [0.25, 0.3) is 0 Å². The molecule has 0 saturated carbocycles. The van der Waals surface area contributed by atoms with Crippen molar-refractivity contribution >= 4 is 0 Å². The van der Waals surface area contributed by atoms with Crippen LogP contribution >= 0.6 is 0 Å². The third kappa shape index (κ3) is 2.70. The zero-order valence-electron chi connectivity index (χ0n) is 8.78. The van der Waals surface area contributed by atoms with Crippen LogP contribution in [0, 0.1) is 0 Å². The number of aliphatic hydroxyl groups is 1. The van der Waals surface area contributed by atoms with Crippen LogP contribution in [0.3, 0.4) is 0 Å². The fraction of sp³-hybridized carbons (Fsp3) is 0.500. The van der Waals surface area contributed by atoms with E-state index in [0.29, 0.717) is 0 Å². The monoisotopic (exact) mass is 207 g/mol. The van der Waals surface area contributed by atoms with Crippen LogP contribution in [0.15, 0.2) is 24.3 Å². The molecular formula is C12H17NO2. The topological polar surface area (TPSA) is 41.5 Å².